The van der Waals surface area contributed by atoms with Crippen molar-refractivity contribution in [3.8, 4) is 11.4 Å². The van der Waals surface area contributed by atoms with E-state index in [1.807, 2.05) is 38.1 Å². The summed E-state index contributed by atoms with van der Waals surface area (Å²) < 4.78 is 39.9. The van der Waals surface area contributed by atoms with Crippen LogP contribution in [0.15, 0.2) is 75.5 Å². The van der Waals surface area contributed by atoms with Gasteiger partial charge in [-0.15, -0.1) is 0 Å². The number of benzene rings is 3. The molecule has 1 fully saturated rings. The largest absolute Gasteiger partial charge is 0.495 e. The lowest BCUT2D eigenvalue weighted by atomic mass is 10.1. The maximum atomic E-state index is 13.6. The van der Waals surface area contributed by atoms with E-state index in [1.54, 1.807) is 22.8 Å². The van der Waals surface area contributed by atoms with Crippen LogP contribution >= 0.6 is 11.8 Å². The molecule has 5 rings (SSSR count). The summed E-state index contributed by atoms with van der Waals surface area (Å²) in [6.07, 6.45) is 0. The van der Waals surface area contributed by atoms with Gasteiger partial charge < -0.3 is 14.8 Å². The van der Waals surface area contributed by atoms with Gasteiger partial charge in [-0.2, -0.15) is 4.31 Å². The van der Waals surface area contributed by atoms with Crippen LogP contribution in [-0.2, 0) is 19.6 Å². The van der Waals surface area contributed by atoms with Crippen molar-refractivity contribution in [2.24, 2.45) is 0 Å². The quantitative estimate of drug-likeness (QED) is 0.242. The fourth-order valence-electron chi connectivity index (χ4n) is 4.60. The number of ether oxygens (including phenoxy) is 2. The fraction of sp³-hybridized carbons (Fsp3) is 0.276. The lowest BCUT2D eigenvalue weighted by Crippen LogP contribution is -2.40. The van der Waals surface area contributed by atoms with Crippen LogP contribution in [-0.4, -0.2) is 67.3 Å². The van der Waals surface area contributed by atoms with E-state index < -0.39 is 15.9 Å². The molecule has 0 bridgehead atoms. The molecule has 4 aromatic rings. The van der Waals surface area contributed by atoms with Crippen molar-refractivity contribution in [2.45, 2.75) is 23.9 Å². The third-order valence-electron chi connectivity index (χ3n) is 6.95. The van der Waals surface area contributed by atoms with Crippen LogP contribution < -0.4 is 15.6 Å². The van der Waals surface area contributed by atoms with Gasteiger partial charge in [0.1, 0.15) is 5.75 Å². The first-order chi connectivity index (χ1) is 19.7. The predicted molar refractivity (Wildman–Crippen MR) is 159 cm³/mol. The molecule has 1 saturated heterocycles. The van der Waals surface area contributed by atoms with E-state index >= 15 is 0 Å². The second-order valence-corrected chi connectivity index (χ2v) is 12.4. The van der Waals surface area contributed by atoms with Crippen LogP contribution in [0.2, 0.25) is 0 Å². The lowest BCUT2D eigenvalue weighted by molar-refractivity contribution is -0.113. The first-order valence-corrected chi connectivity index (χ1v) is 15.4. The van der Waals surface area contributed by atoms with E-state index in [0.717, 1.165) is 22.9 Å². The van der Waals surface area contributed by atoms with E-state index in [0.29, 0.717) is 40.7 Å². The molecule has 1 N–H and O–H groups in total. The summed E-state index contributed by atoms with van der Waals surface area (Å²) in [7, 11) is -2.33. The van der Waals surface area contributed by atoms with E-state index in [1.165, 1.54) is 29.6 Å². The van der Waals surface area contributed by atoms with Gasteiger partial charge in [-0.05, 0) is 61.4 Å². The topological polar surface area (TPSA) is 120 Å². The predicted octanol–water partition coefficient (Wildman–Crippen LogP) is 3.76. The number of nitrogens with one attached hydrogen (secondary N) is 1. The number of para-hydroxylation sites is 1. The average Bonchev–Trinajstić information content (AvgIpc) is 2.98. The fourth-order valence-corrected chi connectivity index (χ4v) is 6.84. The zero-order valence-electron chi connectivity index (χ0n) is 22.9. The van der Waals surface area contributed by atoms with Crippen molar-refractivity contribution in [3.05, 3.63) is 82.1 Å². The van der Waals surface area contributed by atoms with Crippen molar-refractivity contribution in [1.82, 2.24) is 13.9 Å². The molecular weight excluding hydrogens is 564 g/mol. The normalized spacial score (nSPS) is 14.2. The minimum Gasteiger partial charge on any atom is -0.495 e. The highest BCUT2D eigenvalue weighted by Crippen LogP contribution is 2.30. The number of methoxy groups -OCH3 is 1. The third-order valence-corrected chi connectivity index (χ3v) is 9.78. The average molecular weight is 595 g/mol. The van der Waals surface area contributed by atoms with Crippen molar-refractivity contribution in [3.63, 3.8) is 0 Å². The van der Waals surface area contributed by atoms with Crippen LogP contribution in [0.3, 0.4) is 0 Å². The van der Waals surface area contributed by atoms with Gasteiger partial charge in [0, 0.05) is 13.1 Å². The van der Waals surface area contributed by atoms with Crippen molar-refractivity contribution in [1.29, 1.82) is 0 Å². The highest BCUT2D eigenvalue weighted by molar-refractivity contribution is 7.99. The van der Waals surface area contributed by atoms with E-state index in [-0.39, 0.29) is 35.0 Å². The highest BCUT2D eigenvalue weighted by atomic mass is 32.2. The lowest BCUT2D eigenvalue weighted by Gasteiger charge is -2.26. The van der Waals surface area contributed by atoms with Crippen LogP contribution in [0, 0.1) is 13.8 Å². The summed E-state index contributed by atoms with van der Waals surface area (Å²) in [6, 6.07) is 17.2. The Labute approximate surface area is 242 Å². The van der Waals surface area contributed by atoms with Gasteiger partial charge in [0.05, 0.1) is 53.2 Å². The maximum absolute atomic E-state index is 13.6. The number of hydrogen-bond donors (Lipinski definition) is 1. The van der Waals surface area contributed by atoms with Gasteiger partial charge in [-0.3, -0.25) is 14.2 Å². The van der Waals surface area contributed by atoms with Crippen LogP contribution in [0.5, 0.6) is 5.75 Å². The molecular formula is C29H30N4O6S2. The van der Waals surface area contributed by atoms with Crippen LogP contribution in [0.4, 0.5) is 5.69 Å². The Bertz CT molecular complexity index is 1780. The maximum Gasteiger partial charge on any atom is 0.266 e. The van der Waals surface area contributed by atoms with Gasteiger partial charge in [-0.25, -0.2) is 13.4 Å². The molecule has 10 nitrogen and oxygen atoms in total. The highest BCUT2D eigenvalue weighted by Gasteiger charge is 2.27. The molecule has 2 heterocycles. The smallest absolute Gasteiger partial charge is 0.266 e. The summed E-state index contributed by atoms with van der Waals surface area (Å²) in [6.45, 7) is 5.08. The minimum absolute atomic E-state index is 0.0445. The first kappa shape index (κ1) is 28.8. The van der Waals surface area contributed by atoms with E-state index in [2.05, 4.69) is 5.32 Å². The van der Waals surface area contributed by atoms with Crippen molar-refractivity contribution in [2.75, 3.05) is 44.5 Å². The molecule has 1 aliphatic rings. The minimum atomic E-state index is -3.78. The third kappa shape index (κ3) is 5.87. The van der Waals surface area contributed by atoms with E-state index in [9.17, 15) is 18.0 Å². The number of aryl methyl sites for hydroxylation is 1. The Morgan fingerprint density at radius 1 is 1.07 bits per heavy atom. The summed E-state index contributed by atoms with van der Waals surface area (Å²) in [5.41, 5.74) is 3.18. The zero-order valence-corrected chi connectivity index (χ0v) is 24.5. The second-order valence-electron chi connectivity index (χ2n) is 9.49. The Balaban J connectivity index is 1.43. The number of thioether (sulfide) groups is 1. The van der Waals surface area contributed by atoms with E-state index in [4.69, 9.17) is 14.5 Å². The SMILES string of the molecule is COc1ccc(S(=O)(=O)N2CCOCC2)cc1NC(=O)CSc1nc2ccccc2c(=O)n1-c1cccc(C)c1C. The number of amides is 1. The number of nitrogens with zero attached hydrogens (tertiary/aromatic N) is 3. The summed E-state index contributed by atoms with van der Waals surface area (Å²) in [5.74, 6) is -0.177. The molecule has 214 valence electrons. The number of sulfonamides is 1. The molecule has 12 heteroatoms. The number of rotatable bonds is 8. The molecule has 1 aliphatic heterocycles. The van der Waals surface area contributed by atoms with Gasteiger partial charge in [0.2, 0.25) is 15.9 Å². The number of hydrogen-bond acceptors (Lipinski definition) is 8. The van der Waals surface area contributed by atoms with Crippen molar-refractivity contribution >= 4 is 44.3 Å². The summed E-state index contributed by atoms with van der Waals surface area (Å²) in [5, 5.41) is 3.62. The number of carbonyl (C=O) groups is 1. The molecule has 0 atom stereocenters. The monoisotopic (exact) mass is 594 g/mol. The van der Waals surface area contributed by atoms with Gasteiger partial charge in [0.25, 0.3) is 5.56 Å². The molecule has 0 spiro atoms. The first-order valence-electron chi connectivity index (χ1n) is 13.0. The second kappa shape index (κ2) is 12.0. The number of fused-ring (bicyclic) bond motifs is 1. The van der Waals surface area contributed by atoms with Crippen molar-refractivity contribution < 1.29 is 22.7 Å². The van der Waals surface area contributed by atoms with Crippen LogP contribution in [0.1, 0.15) is 11.1 Å². The Morgan fingerprint density at radius 2 is 1.83 bits per heavy atom. The van der Waals surface area contributed by atoms with Gasteiger partial charge >= 0.3 is 0 Å². The molecule has 0 radical (unpaired) electrons. The summed E-state index contributed by atoms with van der Waals surface area (Å²) in [4.78, 5) is 31.5. The van der Waals surface area contributed by atoms with Crippen LogP contribution in [0.25, 0.3) is 16.6 Å². The van der Waals surface area contributed by atoms with Gasteiger partial charge in [0.15, 0.2) is 5.16 Å². The number of carbonyl (C=O) groups excluding carboxylic acids is 1. The molecule has 1 aromatic heterocycles. The molecule has 3 aromatic carbocycles. The zero-order chi connectivity index (χ0) is 29.1. The molecule has 41 heavy (non-hydrogen) atoms. The Kier molecular flexibility index (Phi) is 8.45. The van der Waals surface area contributed by atoms with Gasteiger partial charge in [-0.1, -0.05) is 36.0 Å². The number of aromatic nitrogens is 2. The Morgan fingerprint density at radius 3 is 2.59 bits per heavy atom. The number of morpholine rings is 1. The standard InChI is InChI=1S/C29H30N4O6S2/c1-19-7-6-10-25(20(19)2)33-28(35)22-8-4-5-9-23(22)31-29(33)40-18-27(34)30-24-17-21(11-12-26(24)38-3)41(36,37)32-13-15-39-16-14-32/h4-12,17H,13-16,18H2,1-3H3,(H,30,34). The molecule has 0 saturated carbocycles. The molecule has 0 aliphatic carbocycles. The number of anilines is 1. The molecule has 0 unspecified atom stereocenters. The Hall–Kier alpha value is -3.71. The summed E-state index contributed by atoms with van der Waals surface area (Å²) >= 11 is 1.12. The molecule has 1 amide bonds.